The van der Waals surface area contributed by atoms with Gasteiger partial charge in [-0.2, -0.15) is 4.98 Å². The molecule has 0 amide bonds. The van der Waals surface area contributed by atoms with E-state index in [1.165, 1.54) is 17.1 Å². The lowest BCUT2D eigenvalue weighted by atomic mass is 10.1. The van der Waals surface area contributed by atoms with Crippen molar-refractivity contribution in [2.45, 2.75) is 24.5 Å². The fourth-order valence-electron chi connectivity index (χ4n) is 2.60. The number of hydrogen-bond donors (Lipinski definition) is 5. The molecule has 0 aliphatic carbocycles. The smallest absolute Gasteiger partial charge is 0.280 e. The summed E-state index contributed by atoms with van der Waals surface area (Å²) in [6, 6.07) is 0. The van der Waals surface area contributed by atoms with Gasteiger partial charge in [0.25, 0.3) is 5.56 Å². The number of rotatable bonds is 3. The van der Waals surface area contributed by atoms with Gasteiger partial charge in [-0.15, -0.1) is 0 Å². The van der Waals surface area contributed by atoms with E-state index >= 15 is 0 Å². The van der Waals surface area contributed by atoms with Gasteiger partial charge in [-0.05, 0) is 0 Å². The fraction of sp³-hybridized carbons (Fsp3) is 0.462. The number of H-pyrrole nitrogens is 1. The molecule has 24 heavy (non-hydrogen) atoms. The van der Waals surface area contributed by atoms with Crippen LogP contribution < -0.4 is 11.3 Å². The minimum absolute atomic E-state index is 0.0194. The Morgan fingerprint density at radius 3 is 2.83 bits per heavy atom. The van der Waals surface area contributed by atoms with Crippen LogP contribution in [0.2, 0.25) is 0 Å². The van der Waals surface area contributed by atoms with E-state index in [1.807, 2.05) is 0 Å². The van der Waals surface area contributed by atoms with Crippen molar-refractivity contribution < 1.29 is 20.1 Å². The van der Waals surface area contributed by atoms with Gasteiger partial charge in [0.05, 0.1) is 6.33 Å². The van der Waals surface area contributed by atoms with Crippen molar-refractivity contribution in [3.8, 4) is 0 Å². The van der Waals surface area contributed by atoms with Crippen LogP contribution in [0.5, 0.6) is 0 Å². The Labute approximate surface area is 135 Å². The van der Waals surface area contributed by atoms with Gasteiger partial charge >= 0.3 is 0 Å². The number of aromatic amines is 1. The zero-order valence-corrected chi connectivity index (χ0v) is 13.0. The molecule has 11 nitrogen and oxygen atoms in total. The van der Waals surface area contributed by atoms with E-state index in [4.69, 9.17) is 10.5 Å². The second-order valence-corrected chi connectivity index (χ2v) is 5.72. The zero-order valence-electron chi connectivity index (χ0n) is 13.0. The Bertz CT molecular complexity index is 843. The summed E-state index contributed by atoms with van der Waals surface area (Å²) >= 11 is 0. The van der Waals surface area contributed by atoms with E-state index in [9.17, 15) is 20.1 Å². The number of nitrogens with one attached hydrogen (secondary N) is 1. The van der Waals surface area contributed by atoms with Crippen LogP contribution in [0.3, 0.4) is 0 Å². The van der Waals surface area contributed by atoms with Crippen LogP contribution in [-0.2, 0) is 4.74 Å². The normalized spacial score (nSPS) is 27.8. The van der Waals surface area contributed by atoms with Crippen molar-refractivity contribution in [2.24, 2.45) is 0 Å². The molecule has 1 saturated heterocycles. The summed E-state index contributed by atoms with van der Waals surface area (Å²) < 4.78 is 6.86. The third-order valence-corrected chi connectivity index (χ3v) is 3.65. The van der Waals surface area contributed by atoms with Gasteiger partial charge in [0, 0.05) is 20.3 Å². The maximum Gasteiger partial charge on any atom is 0.280 e. The summed E-state index contributed by atoms with van der Waals surface area (Å²) in [7, 11) is 3.38. The number of aliphatic hydroxyl groups excluding tert-OH is 3. The molecule has 0 bridgehead atoms. The van der Waals surface area contributed by atoms with Crippen LogP contribution in [-0.4, -0.2) is 72.1 Å². The monoisotopic (exact) mass is 338 g/mol. The van der Waals surface area contributed by atoms with E-state index < -0.39 is 30.1 Å². The molecule has 0 saturated carbocycles. The predicted molar refractivity (Wildman–Crippen MR) is 82.9 cm³/mol. The summed E-state index contributed by atoms with van der Waals surface area (Å²) in [6.45, 7) is 0. The number of aromatic nitrogens is 4. The lowest BCUT2D eigenvalue weighted by Gasteiger charge is -2.16. The molecule has 11 heteroatoms. The molecule has 6 N–H and O–H groups in total. The molecule has 4 atom stereocenters. The van der Waals surface area contributed by atoms with Crippen molar-refractivity contribution in [3.63, 3.8) is 0 Å². The third kappa shape index (κ3) is 2.58. The first-order chi connectivity index (χ1) is 11.3. The van der Waals surface area contributed by atoms with E-state index in [1.54, 1.807) is 19.0 Å². The number of imidazole rings is 1. The highest BCUT2D eigenvalue weighted by Gasteiger charge is 2.46. The van der Waals surface area contributed by atoms with Gasteiger partial charge in [-0.1, -0.05) is 0 Å². The zero-order chi connectivity index (χ0) is 17.6. The Balaban J connectivity index is 2.00. The minimum atomic E-state index is -1.37. The maximum atomic E-state index is 11.8. The Morgan fingerprint density at radius 2 is 2.17 bits per heavy atom. The SMILES string of the molecule is CN(C)/C=C(\O)[C@H]1O[C@@H](n2cnc3c(=O)[nH]c(N)nc32)[C@H](O)[C@@H]1O. The molecular formula is C13H18N6O5. The topological polar surface area (TPSA) is 163 Å². The first-order valence-electron chi connectivity index (χ1n) is 7.10. The molecule has 1 fully saturated rings. The van der Waals surface area contributed by atoms with E-state index in [-0.39, 0.29) is 22.9 Å². The summed E-state index contributed by atoms with van der Waals surface area (Å²) in [5.74, 6) is -0.363. The predicted octanol–water partition coefficient (Wildman–Crippen LogP) is -1.72. The van der Waals surface area contributed by atoms with Gasteiger partial charge in [0.15, 0.2) is 17.4 Å². The second-order valence-electron chi connectivity index (χ2n) is 5.72. The van der Waals surface area contributed by atoms with E-state index in [0.717, 1.165) is 0 Å². The van der Waals surface area contributed by atoms with Crippen LogP contribution in [0.15, 0.2) is 23.1 Å². The van der Waals surface area contributed by atoms with Gasteiger partial charge in [0.2, 0.25) is 5.95 Å². The van der Waals surface area contributed by atoms with Gasteiger partial charge in [0.1, 0.15) is 24.1 Å². The standard InChI is InChI=1S/C13H18N6O5/c1-18(2)3-5(20)9-7(21)8(22)12(24-9)19-4-15-6-10(19)16-13(14)17-11(6)23/h3-4,7-9,12,20-22H,1-2H3,(H3,14,16,17,23)/b5-3-/t7-,8+,9+,12+/m0/s1. The van der Waals surface area contributed by atoms with E-state index in [0.29, 0.717) is 0 Å². The number of nitrogens with two attached hydrogens (primary N) is 1. The Kier molecular flexibility index (Phi) is 3.91. The number of fused-ring (bicyclic) bond motifs is 1. The highest BCUT2D eigenvalue weighted by atomic mass is 16.6. The third-order valence-electron chi connectivity index (χ3n) is 3.65. The van der Waals surface area contributed by atoms with Crippen LogP contribution in [0.1, 0.15) is 6.23 Å². The Morgan fingerprint density at radius 1 is 1.46 bits per heavy atom. The molecule has 0 aromatic carbocycles. The van der Waals surface area contributed by atoms with Crippen molar-refractivity contribution in [3.05, 3.63) is 28.6 Å². The van der Waals surface area contributed by atoms with Crippen molar-refractivity contribution in [2.75, 3.05) is 19.8 Å². The van der Waals surface area contributed by atoms with E-state index in [2.05, 4.69) is 15.0 Å². The number of anilines is 1. The lowest BCUT2D eigenvalue weighted by Crippen LogP contribution is -2.32. The summed E-state index contributed by atoms with van der Waals surface area (Å²) in [5.41, 5.74) is 5.12. The maximum absolute atomic E-state index is 11.8. The van der Waals surface area contributed by atoms with Crippen LogP contribution >= 0.6 is 0 Å². The number of ether oxygens (including phenoxy) is 1. The molecule has 130 valence electrons. The average Bonchev–Trinajstić information content (AvgIpc) is 3.01. The first-order valence-corrected chi connectivity index (χ1v) is 7.10. The van der Waals surface area contributed by atoms with Crippen LogP contribution in [0.4, 0.5) is 5.95 Å². The molecule has 1 aliphatic rings. The average molecular weight is 338 g/mol. The fourth-order valence-corrected chi connectivity index (χ4v) is 2.60. The molecule has 0 unspecified atom stereocenters. The Hall–Kier alpha value is -2.63. The molecule has 3 heterocycles. The summed E-state index contributed by atoms with van der Waals surface area (Å²) in [5, 5.41) is 30.4. The summed E-state index contributed by atoms with van der Waals surface area (Å²) in [4.78, 5) is 23.6. The summed E-state index contributed by atoms with van der Waals surface area (Å²) in [6.07, 6.45) is -2.36. The first kappa shape index (κ1) is 16.2. The van der Waals surface area contributed by atoms with Gasteiger partial charge < -0.3 is 30.7 Å². The second kappa shape index (κ2) is 5.78. The molecule has 2 aromatic heterocycles. The molecule has 2 aromatic rings. The van der Waals surface area contributed by atoms with Crippen LogP contribution in [0.25, 0.3) is 11.2 Å². The highest BCUT2D eigenvalue weighted by Crippen LogP contribution is 2.33. The lowest BCUT2D eigenvalue weighted by molar-refractivity contribution is -0.0346. The van der Waals surface area contributed by atoms with Gasteiger partial charge in [-0.25, -0.2) is 4.98 Å². The number of aliphatic hydroxyl groups is 3. The molecule has 0 spiro atoms. The van der Waals surface area contributed by atoms with Crippen LogP contribution in [0, 0.1) is 0 Å². The van der Waals surface area contributed by atoms with Gasteiger partial charge in [-0.3, -0.25) is 14.3 Å². The number of nitrogen functional groups attached to an aromatic ring is 1. The van der Waals surface area contributed by atoms with Crippen molar-refractivity contribution >= 4 is 17.1 Å². The molecule has 0 radical (unpaired) electrons. The van der Waals surface area contributed by atoms with Crippen molar-refractivity contribution in [1.82, 2.24) is 24.4 Å². The highest BCUT2D eigenvalue weighted by molar-refractivity contribution is 5.70. The largest absolute Gasteiger partial charge is 0.508 e. The number of nitrogens with zero attached hydrogens (tertiary/aromatic N) is 4. The molecular weight excluding hydrogens is 320 g/mol. The molecule has 3 rings (SSSR count). The quantitative estimate of drug-likeness (QED) is 0.410. The minimum Gasteiger partial charge on any atom is -0.508 e. The van der Waals surface area contributed by atoms with Crippen molar-refractivity contribution in [1.29, 1.82) is 0 Å². The molecule has 1 aliphatic heterocycles. The number of hydrogen-bond acceptors (Lipinski definition) is 9.